The summed E-state index contributed by atoms with van der Waals surface area (Å²) in [5.74, 6) is 0.171. The first-order valence-electron chi connectivity index (χ1n) is 5.23. The van der Waals surface area contributed by atoms with Crippen LogP contribution < -0.4 is 0 Å². The van der Waals surface area contributed by atoms with Gasteiger partial charge in [0, 0.05) is 22.4 Å². The lowest BCUT2D eigenvalue weighted by atomic mass is 9.84. The van der Waals surface area contributed by atoms with Gasteiger partial charge in [-0.25, -0.2) is 0 Å². The molecule has 82 valence electrons. The molecule has 1 heterocycles. The highest BCUT2D eigenvalue weighted by molar-refractivity contribution is 6.01. The average molecular weight is 205 g/mol. The number of carbonyl (C=O) groups excluding carboxylic acids is 1. The van der Waals surface area contributed by atoms with Crippen molar-refractivity contribution in [2.45, 2.75) is 41.5 Å². The zero-order valence-corrected chi connectivity index (χ0v) is 10.4. The highest BCUT2D eigenvalue weighted by Crippen LogP contribution is 2.24. The maximum absolute atomic E-state index is 12.2. The molecule has 0 aliphatic carbocycles. The zero-order chi connectivity index (χ0) is 11.8. The van der Waals surface area contributed by atoms with Gasteiger partial charge >= 0.3 is 0 Å². The lowest BCUT2D eigenvalue weighted by molar-refractivity contribution is 0.0856. The van der Waals surface area contributed by atoms with E-state index < -0.39 is 0 Å². The van der Waals surface area contributed by atoms with Crippen molar-refractivity contribution in [1.82, 2.24) is 4.98 Å². The first-order valence-corrected chi connectivity index (χ1v) is 5.23. The average Bonchev–Trinajstić information content (AvgIpc) is 1.99. The molecule has 0 aliphatic rings. The van der Waals surface area contributed by atoms with Crippen LogP contribution in [0.3, 0.4) is 0 Å². The van der Waals surface area contributed by atoms with Gasteiger partial charge in [-0.1, -0.05) is 20.8 Å². The minimum atomic E-state index is -0.341. The number of rotatable bonds is 1. The van der Waals surface area contributed by atoms with Crippen LogP contribution in [0.25, 0.3) is 0 Å². The summed E-state index contributed by atoms with van der Waals surface area (Å²) in [4.78, 5) is 16.5. The topological polar surface area (TPSA) is 30.0 Å². The monoisotopic (exact) mass is 205 g/mol. The fourth-order valence-corrected chi connectivity index (χ4v) is 1.74. The number of Topliss-reactive ketones (excluding diaryl/α,β-unsaturated/α-hetero) is 1. The zero-order valence-electron chi connectivity index (χ0n) is 10.4. The normalized spacial score (nSPS) is 11.6. The minimum absolute atomic E-state index is 0.171. The molecule has 0 N–H and O–H groups in total. The van der Waals surface area contributed by atoms with E-state index in [-0.39, 0.29) is 11.2 Å². The molecule has 0 radical (unpaired) electrons. The van der Waals surface area contributed by atoms with Crippen LogP contribution in [0, 0.1) is 26.2 Å². The fraction of sp³-hybridized carbons (Fsp3) is 0.538. The van der Waals surface area contributed by atoms with Gasteiger partial charge in [-0.3, -0.25) is 9.78 Å². The van der Waals surface area contributed by atoms with E-state index in [9.17, 15) is 4.79 Å². The maximum Gasteiger partial charge on any atom is 0.170 e. The van der Waals surface area contributed by atoms with Gasteiger partial charge in [0.05, 0.1) is 0 Å². The highest BCUT2D eigenvalue weighted by Gasteiger charge is 2.26. The Morgan fingerprint density at radius 3 is 2.13 bits per heavy atom. The first kappa shape index (κ1) is 11.9. The standard InChI is InChI=1S/C13H19NO/c1-8-7-9(2)14-10(3)11(8)12(15)13(4,5)6/h7H,1-6H3. The van der Waals surface area contributed by atoms with Crippen LogP contribution in [0.5, 0.6) is 0 Å². The van der Waals surface area contributed by atoms with E-state index >= 15 is 0 Å². The quantitative estimate of drug-likeness (QED) is 0.659. The third-order valence-corrected chi connectivity index (χ3v) is 2.43. The van der Waals surface area contributed by atoms with Crippen molar-refractivity contribution in [2.24, 2.45) is 5.41 Å². The molecule has 0 aliphatic heterocycles. The molecule has 15 heavy (non-hydrogen) atoms. The maximum atomic E-state index is 12.2. The van der Waals surface area contributed by atoms with Gasteiger partial charge in [0.25, 0.3) is 0 Å². The van der Waals surface area contributed by atoms with Crippen molar-refractivity contribution >= 4 is 5.78 Å². The van der Waals surface area contributed by atoms with E-state index in [1.807, 2.05) is 47.6 Å². The van der Waals surface area contributed by atoms with Crippen molar-refractivity contribution < 1.29 is 4.79 Å². The number of carbonyl (C=O) groups is 1. The molecule has 1 aromatic heterocycles. The predicted octanol–water partition coefficient (Wildman–Crippen LogP) is 3.24. The van der Waals surface area contributed by atoms with Crippen molar-refractivity contribution in [3.8, 4) is 0 Å². The van der Waals surface area contributed by atoms with Crippen LogP contribution in [-0.4, -0.2) is 10.8 Å². The van der Waals surface area contributed by atoms with Gasteiger partial charge < -0.3 is 0 Å². The van der Waals surface area contributed by atoms with Gasteiger partial charge in [-0.2, -0.15) is 0 Å². The number of nitrogens with zero attached hydrogens (tertiary/aromatic N) is 1. The van der Waals surface area contributed by atoms with Crippen LogP contribution in [0.2, 0.25) is 0 Å². The second-order valence-electron chi connectivity index (χ2n) is 5.12. The molecular weight excluding hydrogens is 186 g/mol. The summed E-state index contributed by atoms with van der Waals surface area (Å²) in [6, 6.07) is 1.96. The molecular formula is C13H19NO. The second-order valence-corrected chi connectivity index (χ2v) is 5.12. The summed E-state index contributed by atoms with van der Waals surface area (Å²) in [5.41, 5.74) is 3.28. The van der Waals surface area contributed by atoms with Gasteiger partial charge in [0.15, 0.2) is 5.78 Å². The molecule has 0 aromatic carbocycles. The molecule has 0 bridgehead atoms. The molecule has 2 nitrogen and oxygen atoms in total. The van der Waals surface area contributed by atoms with Gasteiger partial charge in [-0.05, 0) is 32.4 Å². The Morgan fingerprint density at radius 1 is 1.20 bits per heavy atom. The molecule has 2 heteroatoms. The summed E-state index contributed by atoms with van der Waals surface area (Å²) in [5, 5.41) is 0. The smallest absolute Gasteiger partial charge is 0.170 e. The Labute approximate surface area is 91.7 Å². The molecule has 0 saturated heterocycles. The summed E-state index contributed by atoms with van der Waals surface area (Å²) >= 11 is 0. The minimum Gasteiger partial charge on any atom is -0.294 e. The predicted molar refractivity (Wildman–Crippen MR) is 62.2 cm³/mol. The molecule has 0 amide bonds. The van der Waals surface area contributed by atoms with Gasteiger partial charge in [-0.15, -0.1) is 0 Å². The lowest BCUT2D eigenvalue weighted by Gasteiger charge is -2.19. The van der Waals surface area contributed by atoms with Crippen molar-refractivity contribution in [3.05, 3.63) is 28.6 Å². The Balaban J connectivity index is 3.33. The SMILES string of the molecule is Cc1cc(C)c(C(=O)C(C)(C)C)c(C)n1. The molecule has 0 fully saturated rings. The Hall–Kier alpha value is -1.18. The number of hydrogen-bond acceptors (Lipinski definition) is 2. The van der Waals surface area contributed by atoms with Crippen LogP contribution in [0.4, 0.5) is 0 Å². The van der Waals surface area contributed by atoms with E-state index in [2.05, 4.69) is 4.98 Å². The van der Waals surface area contributed by atoms with E-state index in [0.717, 1.165) is 22.5 Å². The van der Waals surface area contributed by atoms with Gasteiger partial charge in [0.2, 0.25) is 0 Å². The molecule has 1 rings (SSSR count). The number of pyridine rings is 1. The third kappa shape index (κ3) is 2.44. The first-order chi connectivity index (χ1) is 6.73. The van der Waals surface area contributed by atoms with Crippen molar-refractivity contribution in [2.75, 3.05) is 0 Å². The van der Waals surface area contributed by atoms with E-state index in [4.69, 9.17) is 0 Å². The Bertz CT molecular complexity index is 376. The van der Waals surface area contributed by atoms with E-state index in [1.165, 1.54) is 0 Å². The fourth-order valence-electron chi connectivity index (χ4n) is 1.74. The molecule has 0 atom stereocenters. The van der Waals surface area contributed by atoms with E-state index in [1.54, 1.807) is 0 Å². The van der Waals surface area contributed by atoms with Crippen molar-refractivity contribution in [1.29, 1.82) is 0 Å². The molecule has 0 saturated carbocycles. The van der Waals surface area contributed by atoms with Gasteiger partial charge in [0.1, 0.15) is 0 Å². The molecule has 0 unspecified atom stereocenters. The summed E-state index contributed by atoms with van der Waals surface area (Å²) < 4.78 is 0. The number of ketones is 1. The summed E-state index contributed by atoms with van der Waals surface area (Å²) in [6.45, 7) is 11.6. The molecule has 1 aromatic rings. The number of aryl methyl sites for hydroxylation is 3. The van der Waals surface area contributed by atoms with Crippen LogP contribution in [0.15, 0.2) is 6.07 Å². The van der Waals surface area contributed by atoms with Crippen LogP contribution in [0.1, 0.15) is 48.1 Å². The second kappa shape index (κ2) is 3.76. The third-order valence-electron chi connectivity index (χ3n) is 2.43. The number of hydrogen-bond donors (Lipinski definition) is 0. The Kier molecular flexibility index (Phi) is 2.98. The van der Waals surface area contributed by atoms with Crippen LogP contribution >= 0.6 is 0 Å². The molecule has 0 spiro atoms. The lowest BCUT2D eigenvalue weighted by Crippen LogP contribution is -2.22. The highest BCUT2D eigenvalue weighted by atomic mass is 16.1. The summed E-state index contributed by atoms with van der Waals surface area (Å²) in [7, 11) is 0. The number of aromatic nitrogens is 1. The van der Waals surface area contributed by atoms with Crippen LogP contribution in [-0.2, 0) is 0 Å². The largest absolute Gasteiger partial charge is 0.294 e. The Morgan fingerprint density at radius 2 is 1.73 bits per heavy atom. The van der Waals surface area contributed by atoms with Crippen molar-refractivity contribution in [3.63, 3.8) is 0 Å². The van der Waals surface area contributed by atoms with E-state index in [0.29, 0.717) is 0 Å². The summed E-state index contributed by atoms with van der Waals surface area (Å²) in [6.07, 6.45) is 0.